The third-order valence-electron chi connectivity index (χ3n) is 2.90. The predicted molar refractivity (Wildman–Crippen MR) is 80.0 cm³/mol. The number of benzene rings is 1. The summed E-state index contributed by atoms with van der Waals surface area (Å²) >= 11 is 3.40. The monoisotopic (exact) mass is 328 g/mol. The Bertz CT molecular complexity index is 455. The van der Waals surface area contributed by atoms with Crippen LogP contribution >= 0.6 is 15.9 Å². The molecule has 0 aliphatic carbocycles. The molecule has 0 saturated heterocycles. The van der Waals surface area contributed by atoms with Gasteiger partial charge in [-0.3, -0.25) is 4.79 Å². The van der Waals surface area contributed by atoms with E-state index < -0.39 is 0 Å². The highest BCUT2D eigenvalue weighted by molar-refractivity contribution is 9.10. The van der Waals surface area contributed by atoms with Crippen molar-refractivity contribution in [1.29, 1.82) is 0 Å². The van der Waals surface area contributed by atoms with E-state index in [2.05, 4.69) is 21.2 Å². The van der Waals surface area contributed by atoms with Gasteiger partial charge in [-0.1, -0.05) is 42.8 Å². The summed E-state index contributed by atoms with van der Waals surface area (Å²) in [5.41, 5.74) is 6.20. The smallest absolute Gasteiger partial charge is 0.235 e. The van der Waals surface area contributed by atoms with E-state index in [-0.39, 0.29) is 17.4 Å². The highest BCUT2D eigenvalue weighted by Crippen LogP contribution is 2.25. The number of hydrogen-bond donors (Lipinski definition) is 2. The highest BCUT2D eigenvalue weighted by Gasteiger charge is 2.29. The van der Waals surface area contributed by atoms with Crippen LogP contribution in [0.3, 0.4) is 0 Å². The maximum absolute atomic E-state index is 11.5. The Labute approximate surface area is 122 Å². The van der Waals surface area contributed by atoms with Gasteiger partial charge in [-0.2, -0.15) is 0 Å². The lowest BCUT2D eigenvalue weighted by molar-refractivity contribution is -0.122. The summed E-state index contributed by atoms with van der Waals surface area (Å²) in [5.74, 6) is 0.433. The molecule has 0 aliphatic heterocycles. The van der Waals surface area contributed by atoms with E-state index in [9.17, 15) is 4.79 Å². The van der Waals surface area contributed by atoms with Crippen molar-refractivity contribution in [3.05, 3.63) is 28.2 Å². The Kier molecular flexibility index (Phi) is 5.38. The van der Waals surface area contributed by atoms with Gasteiger partial charge in [-0.15, -0.1) is 0 Å². The van der Waals surface area contributed by atoms with Crippen LogP contribution in [0.5, 0.6) is 5.75 Å². The van der Waals surface area contributed by atoms with Crippen LogP contribution in [0.4, 0.5) is 0 Å². The number of nitrogens with one attached hydrogen (secondary N) is 1. The molecule has 0 fully saturated rings. The topological polar surface area (TPSA) is 64.3 Å². The van der Waals surface area contributed by atoms with Crippen molar-refractivity contribution in [1.82, 2.24) is 5.32 Å². The maximum atomic E-state index is 11.5. The second-order valence-corrected chi connectivity index (χ2v) is 6.45. The van der Waals surface area contributed by atoms with Crippen molar-refractivity contribution in [2.75, 3.05) is 7.11 Å². The first-order valence-corrected chi connectivity index (χ1v) is 6.90. The molecule has 0 saturated carbocycles. The number of nitrogens with two attached hydrogens (primary N) is 1. The molecule has 0 heterocycles. The summed E-state index contributed by atoms with van der Waals surface area (Å²) in [7, 11) is 1.63. The minimum atomic E-state index is -0.388. The fraction of sp³-hybridized carbons (Fsp3) is 0.500. The van der Waals surface area contributed by atoms with E-state index >= 15 is 0 Å². The Morgan fingerprint density at radius 1 is 1.47 bits per heavy atom. The molecule has 19 heavy (non-hydrogen) atoms. The number of methoxy groups -OCH3 is 1. The summed E-state index contributed by atoms with van der Waals surface area (Å²) < 4.78 is 6.27. The molecule has 1 amide bonds. The van der Waals surface area contributed by atoms with Gasteiger partial charge < -0.3 is 15.8 Å². The van der Waals surface area contributed by atoms with Crippen LogP contribution in [-0.4, -0.2) is 19.1 Å². The van der Waals surface area contributed by atoms with E-state index in [1.54, 1.807) is 7.11 Å². The van der Waals surface area contributed by atoms with E-state index in [1.165, 1.54) is 0 Å². The van der Waals surface area contributed by atoms with Crippen molar-refractivity contribution >= 4 is 21.8 Å². The number of ether oxygens (including phenoxy) is 1. The lowest BCUT2D eigenvalue weighted by Crippen LogP contribution is -2.49. The van der Waals surface area contributed by atoms with E-state index in [0.29, 0.717) is 6.54 Å². The summed E-state index contributed by atoms with van der Waals surface area (Å²) in [6, 6.07) is 5.40. The van der Waals surface area contributed by atoms with Gasteiger partial charge in [0.25, 0.3) is 0 Å². The van der Waals surface area contributed by atoms with Gasteiger partial charge in [0, 0.05) is 16.6 Å². The minimum Gasteiger partial charge on any atom is -0.496 e. The third-order valence-corrected chi connectivity index (χ3v) is 3.39. The average molecular weight is 329 g/mol. The van der Waals surface area contributed by atoms with Crippen LogP contribution in [0, 0.1) is 5.41 Å². The molecule has 0 radical (unpaired) electrons. The Morgan fingerprint density at radius 2 is 2.11 bits per heavy atom. The summed E-state index contributed by atoms with van der Waals surface area (Å²) in [5, 5.41) is 3.20. The second-order valence-electron chi connectivity index (χ2n) is 5.54. The first kappa shape index (κ1) is 16.0. The quantitative estimate of drug-likeness (QED) is 0.872. The van der Waals surface area contributed by atoms with Gasteiger partial charge in [0.05, 0.1) is 13.2 Å². The normalized spacial score (nSPS) is 13.1. The third kappa shape index (κ3) is 4.51. The summed E-state index contributed by atoms with van der Waals surface area (Å²) in [6.45, 7) is 6.47. The standard InChI is InChI=1S/C14H21BrN2O2/c1-14(2,3)12(13(16)18)17-8-9-5-6-10(15)7-11(9)19-4/h5-7,12,17H,8H2,1-4H3,(H2,16,18)/t12-/m1/s1. The largest absolute Gasteiger partial charge is 0.496 e. The van der Waals surface area contributed by atoms with Crippen molar-refractivity contribution < 1.29 is 9.53 Å². The SMILES string of the molecule is COc1cc(Br)ccc1CN[C@H](C(N)=O)C(C)(C)C. The number of hydrogen-bond acceptors (Lipinski definition) is 3. The molecule has 0 aliphatic rings. The summed E-state index contributed by atoms with van der Waals surface area (Å²) in [4.78, 5) is 11.5. The van der Waals surface area contributed by atoms with Gasteiger partial charge in [0.15, 0.2) is 0 Å². The molecule has 3 N–H and O–H groups in total. The highest BCUT2D eigenvalue weighted by atomic mass is 79.9. The molecular formula is C14H21BrN2O2. The van der Waals surface area contributed by atoms with Crippen LogP contribution in [0.25, 0.3) is 0 Å². The van der Waals surface area contributed by atoms with E-state index in [0.717, 1.165) is 15.8 Å². The number of carbonyl (C=O) groups excluding carboxylic acids is 1. The lowest BCUT2D eigenvalue weighted by Gasteiger charge is -2.29. The minimum absolute atomic E-state index is 0.228. The zero-order valence-corrected chi connectivity index (χ0v) is 13.4. The molecule has 106 valence electrons. The first-order chi connectivity index (χ1) is 8.75. The predicted octanol–water partition coefficient (Wildman–Crippen LogP) is 2.45. The molecular weight excluding hydrogens is 308 g/mol. The van der Waals surface area contributed by atoms with Gasteiger partial charge in [0.2, 0.25) is 5.91 Å². The molecule has 0 unspecified atom stereocenters. The van der Waals surface area contributed by atoms with Crippen molar-refractivity contribution in [3.8, 4) is 5.75 Å². The number of halogens is 1. The van der Waals surface area contributed by atoms with Gasteiger partial charge in [-0.05, 0) is 17.5 Å². The average Bonchev–Trinajstić information content (AvgIpc) is 2.28. The van der Waals surface area contributed by atoms with Crippen LogP contribution < -0.4 is 15.8 Å². The van der Waals surface area contributed by atoms with Crippen molar-refractivity contribution in [3.63, 3.8) is 0 Å². The summed E-state index contributed by atoms with van der Waals surface area (Å²) in [6.07, 6.45) is 0. The molecule has 0 aromatic heterocycles. The van der Waals surface area contributed by atoms with E-state index in [1.807, 2.05) is 39.0 Å². The number of carbonyl (C=O) groups is 1. The number of primary amides is 1. The van der Waals surface area contributed by atoms with Crippen LogP contribution in [0.1, 0.15) is 26.3 Å². The van der Waals surface area contributed by atoms with Crippen LogP contribution in [0.2, 0.25) is 0 Å². The lowest BCUT2D eigenvalue weighted by atomic mass is 9.86. The number of rotatable bonds is 5. The fourth-order valence-corrected chi connectivity index (χ4v) is 2.25. The zero-order valence-electron chi connectivity index (χ0n) is 11.8. The Balaban J connectivity index is 2.83. The van der Waals surface area contributed by atoms with Gasteiger partial charge in [-0.25, -0.2) is 0 Å². The molecule has 1 aromatic carbocycles. The van der Waals surface area contributed by atoms with Crippen molar-refractivity contribution in [2.24, 2.45) is 11.1 Å². The molecule has 5 heteroatoms. The molecule has 4 nitrogen and oxygen atoms in total. The Morgan fingerprint density at radius 3 is 2.58 bits per heavy atom. The van der Waals surface area contributed by atoms with Crippen LogP contribution in [-0.2, 0) is 11.3 Å². The molecule has 1 rings (SSSR count). The molecule has 1 atom stereocenters. The van der Waals surface area contributed by atoms with E-state index in [4.69, 9.17) is 10.5 Å². The Hall–Kier alpha value is -1.07. The zero-order chi connectivity index (χ0) is 14.6. The fourth-order valence-electron chi connectivity index (χ4n) is 1.91. The first-order valence-electron chi connectivity index (χ1n) is 6.11. The second kappa shape index (κ2) is 6.39. The molecule has 1 aromatic rings. The van der Waals surface area contributed by atoms with Crippen molar-refractivity contribution in [2.45, 2.75) is 33.4 Å². The molecule has 0 spiro atoms. The molecule has 0 bridgehead atoms. The van der Waals surface area contributed by atoms with Gasteiger partial charge in [0.1, 0.15) is 5.75 Å². The number of amides is 1. The van der Waals surface area contributed by atoms with Gasteiger partial charge >= 0.3 is 0 Å². The van der Waals surface area contributed by atoms with Crippen LogP contribution in [0.15, 0.2) is 22.7 Å². The maximum Gasteiger partial charge on any atom is 0.235 e.